The molecule has 0 aliphatic carbocycles. The van der Waals surface area contributed by atoms with Crippen LogP contribution in [0.2, 0.25) is 0 Å². The Bertz CT molecular complexity index is 941. The van der Waals surface area contributed by atoms with E-state index < -0.39 is 6.04 Å². The van der Waals surface area contributed by atoms with Gasteiger partial charge in [0.2, 0.25) is 11.8 Å². The maximum Gasteiger partial charge on any atom is 0.247 e. The zero-order valence-corrected chi connectivity index (χ0v) is 17.5. The molecule has 0 heterocycles. The number of rotatable bonds is 8. The summed E-state index contributed by atoms with van der Waals surface area (Å²) >= 11 is 0. The normalized spacial score (nSPS) is 11.7. The maximum absolute atomic E-state index is 13.4. The number of carbonyl (C=O) groups is 2. The largest absolute Gasteiger partial charge is 0.350 e. The molecule has 0 bridgehead atoms. The molecule has 1 N–H and O–H groups in total. The monoisotopic (exact) mass is 400 g/mol. The van der Waals surface area contributed by atoms with Crippen LogP contribution in [0.15, 0.2) is 91.0 Å². The highest BCUT2D eigenvalue weighted by molar-refractivity contribution is 5.89. The Kier molecular flexibility index (Phi) is 7.39. The summed E-state index contributed by atoms with van der Waals surface area (Å²) in [6.45, 7) is 4.52. The summed E-state index contributed by atoms with van der Waals surface area (Å²) in [4.78, 5) is 28.2. The van der Waals surface area contributed by atoms with Gasteiger partial charge >= 0.3 is 0 Å². The van der Waals surface area contributed by atoms with Crippen LogP contribution in [-0.2, 0) is 22.7 Å². The number of nitrogens with one attached hydrogen (secondary N) is 1. The van der Waals surface area contributed by atoms with E-state index in [9.17, 15) is 9.59 Å². The van der Waals surface area contributed by atoms with Crippen LogP contribution in [0.25, 0.3) is 0 Å². The SMILES string of the molecule is CC(C)C(=O)N(Cc1ccccc1)C(C(=O)NCc1ccccc1)c1ccccc1. The Morgan fingerprint density at radius 3 is 1.80 bits per heavy atom. The summed E-state index contributed by atoms with van der Waals surface area (Å²) in [6.07, 6.45) is 0. The van der Waals surface area contributed by atoms with Crippen LogP contribution in [0.3, 0.4) is 0 Å². The highest BCUT2D eigenvalue weighted by atomic mass is 16.2. The van der Waals surface area contributed by atoms with Gasteiger partial charge in [0.25, 0.3) is 0 Å². The molecule has 1 atom stereocenters. The second-order valence-corrected chi connectivity index (χ2v) is 7.62. The van der Waals surface area contributed by atoms with Crippen molar-refractivity contribution < 1.29 is 9.59 Å². The van der Waals surface area contributed by atoms with Crippen LogP contribution in [-0.4, -0.2) is 16.7 Å². The number of hydrogen-bond acceptors (Lipinski definition) is 2. The minimum absolute atomic E-state index is 0.0532. The van der Waals surface area contributed by atoms with Gasteiger partial charge < -0.3 is 10.2 Å². The van der Waals surface area contributed by atoms with E-state index in [0.29, 0.717) is 13.1 Å². The predicted molar refractivity (Wildman–Crippen MR) is 119 cm³/mol. The molecule has 30 heavy (non-hydrogen) atoms. The second kappa shape index (κ2) is 10.4. The van der Waals surface area contributed by atoms with E-state index in [2.05, 4.69) is 5.32 Å². The Morgan fingerprint density at radius 2 is 1.27 bits per heavy atom. The summed E-state index contributed by atoms with van der Waals surface area (Å²) in [5.41, 5.74) is 2.80. The Hall–Kier alpha value is -3.40. The lowest BCUT2D eigenvalue weighted by Crippen LogP contribution is -2.44. The molecule has 3 aromatic rings. The first-order valence-corrected chi connectivity index (χ1v) is 10.3. The molecular weight excluding hydrogens is 372 g/mol. The fourth-order valence-electron chi connectivity index (χ4n) is 3.40. The lowest BCUT2D eigenvalue weighted by Gasteiger charge is -2.33. The fourth-order valence-corrected chi connectivity index (χ4v) is 3.40. The average molecular weight is 401 g/mol. The molecule has 2 amide bonds. The molecule has 0 aliphatic heterocycles. The second-order valence-electron chi connectivity index (χ2n) is 7.62. The highest BCUT2D eigenvalue weighted by Crippen LogP contribution is 2.25. The molecule has 4 nitrogen and oxygen atoms in total. The van der Waals surface area contributed by atoms with Crippen LogP contribution >= 0.6 is 0 Å². The van der Waals surface area contributed by atoms with Crippen LogP contribution in [0.5, 0.6) is 0 Å². The third kappa shape index (κ3) is 5.57. The molecular formula is C26H28N2O2. The summed E-state index contributed by atoms with van der Waals surface area (Å²) in [5.74, 6) is -0.459. The molecule has 0 saturated heterocycles. The topological polar surface area (TPSA) is 49.4 Å². The molecule has 0 fully saturated rings. The molecule has 0 radical (unpaired) electrons. The lowest BCUT2D eigenvalue weighted by molar-refractivity contribution is -0.144. The van der Waals surface area contributed by atoms with Gasteiger partial charge in [-0.25, -0.2) is 0 Å². The summed E-state index contributed by atoms with van der Waals surface area (Å²) < 4.78 is 0. The number of carbonyl (C=O) groups excluding carboxylic acids is 2. The number of benzene rings is 3. The summed E-state index contributed by atoms with van der Waals surface area (Å²) in [6, 6.07) is 28.4. The Morgan fingerprint density at radius 1 is 0.767 bits per heavy atom. The van der Waals surface area contributed by atoms with Gasteiger partial charge in [0.1, 0.15) is 6.04 Å². The van der Waals surface area contributed by atoms with Crippen molar-refractivity contribution in [3.05, 3.63) is 108 Å². The molecule has 3 aromatic carbocycles. The van der Waals surface area contributed by atoms with Gasteiger partial charge in [0.05, 0.1) is 0 Å². The highest BCUT2D eigenvalue weighted by Gasteiger charge is 2.32. The first-order valence-electron chi connectivity index (χ1n) is 10.3. The van der Waals surface area contributed by atoms with Gasteiger partial charge in [-0.15, -0.1) is 0 Å². The summed E-state index contributed by atoms with van der Waals surface area (Å²) in [7, 11) is 0. The third-order valence-electron chi connectivity index (χ3n) is 4.96. The quantitative estimate of drug-likeness (QED) is 0.594. The number of nitrogens with zero attached hydrogens (tertiary/aromatic N) is 1. The van der Waals surface area contributed by atoms with E-state index in [0.717, 1.165) is 16.7 Å². The van der Waals surface area contributed by atoms with Crippen molar-refractivity contribution in [1.29, 1.82) is 0 Å². The molecule has 154 valence electrons. The van der Waals surface area contributed by atoms with Crippen LogP contribution in [0.4, 0.5) is 0 Å². The van der Waals surface area contributed by atoms with Crippen molar-refractivity contribution in [1.82, 2.24) is 10.2 Å². The molecule has 3 rings (SSSR count). The maximum atomic E-state index is 13.4. The average Bonchev–Trinajstić information content (AvgIpc) is 2.79. The standard InChI is InChI=1S/C26H28N2O2/c1-20(2)26(30)28(19-22-14-8-4-9-15-22)24(23-16-10-5-11-17-23)25(29)27-18-21-12-6-3-7-13-21/h3-17,20,24H,18-19H2,1-2H3,(H,27,29). The van der Waals surface area contributed by atoms with Crippen molar-refractivity contribution in [2.45, 2.75) is 33.0 Å². The fraction of sp³-hybridized carbons (Fsp3) is 0.231. The predicted octanol–water partition coefficient (Wildman–Crippen LogP) is 4.73. The third-order valence-corrected chi connectivity index (χ3v) is 4.96. The van der Waals surface area contributed by atoms with Gasteiger partial charge in [0.15, 0.2) is 0 Å². The van der Waals surface area contributed by atoms with Crippen molar-refractivity contribution in [3.63, 3.8) is 0 Å². The van der Waals surface area contributed by atoms with Crippen molar-refractivity contribution >= 4 is 11.8 Å². The Labute approximate surface area is 178 Å². The van der Waals surface area contributed by atoms with Crippen LogP contribution < -0.4 is 5.32 Å². The zero-order valence-electron chi connectivity index (χ0n) is 17.5. The first kappa shape index (κ1) is 21.3. The van der Waals surface area contributed by atoms with Crippen molar-refractivity contribution in [3.8, 4) is 0 Å². The summed E-state index contributed by atoms with van der Waals surface area (Å²) in [5, 5.41) is 3.02. The van der Waals surface area contributed by atoms with E-state index >= 15 is 0 Å². The van der Waals surface area contributed by atoms with Crippen LogP contribution in [0.1, 0.15) is 36.6 Å². The zero-order chi connectivity index (χ0) is 21.3. The van der Waals surface area contributed by atoms with E-state index in [1.54, 1.807) is 4.90 Å². The van der Waals surface area contributed by atoms with Crippen molar-refractivity contribution in [2.24, 2.45) is 5.92 Å². The van der Waals surface area contributed by atoms with Crippen molar-refractivity contribution in [2.75, 3.05) is 0 Å². The van der Waals surface area contributed by atoms with Gasteiger partial charge in [0, 0.05) is 19.0 Å². The Balaban J connectivity index is 1.92. The van der Waals surface area contributed by atoms with Crippen LogP contribution in [0, 0.1) is 5.92 Å². The molecule has 0 aromatic heterocycles. The number of hydrogen-bond donors (Lipinski definition) is 1. The number of amides is 2. The van der Waals surface area contributed by atoms with E-state index in [1.165, 1.54) is 0 Å². The van der Waals surface area contributed by atoms with Gasteiger partial charge in [-0.3, -0.25) is 9.59 Å². The lowest BCUT2D eigenvalue weighted by atomic mass is 10.0. The van der Waals surface area contributed by atoms with Gasteiger partial charge in [-0.2, -0.15) is 0 Å². The van der Waals surface area contributed by atoms with Gasteiger partial charge in [-0.1, -0.05) is 105 Å². The molecule has 0 saturated carbocycles. The van der Waals surface area contributed by atoms with E-state index in [-0.39, 0.29) is 17.7 Å². The smallest absolute Gasteiger partial charge is 0.247 e. The van der Waals surface area contributed by atoms with E-state index in [4.69, 9.17) is 0 Å². The molecule has 0 aliphatic rings. The minimum atomic E-state index is -0.704. The molecule has 1 unspecified atom stereocenters. The first-order chi connectivity index (χ1) is 14.6. The molecule has 0 spiro atoms. The minimum Gasteiger partial charge on any atom is -0.350 e. The molecule has 4 heteroatoms. The van der Waals surface area contributed by atoms with Gasteiger partial charge in [-0.05, 0) is 16.7 Å². The van der Waals surface area contributed by atoms with E-state index in [1.807, 2.05) is 105 Å².